The van der Waals surface area contributed by atoms with E-state index in [1.54, 1.807) is 6.07 Å². The molecule has 19 heavy (non-hydrogen) atoms. The smallest absolute Gasteiger partial charge is 0.433 e. The number of fused-ring (bicyclic) bond motifs is 1. The van der Waals surface area contributed by atoms with Gasteiger partial charge >= 0.3 is 12.1 Å². The number of hydrogen-bond acceptors (Lipinski definition) is 3. The summed E-state index contributed by atoms with van der Waals surface area (Å²) >= 11 is 3.11. The molecule has 7 heteroatoms. The molecule has 0 unspecified atom stereocenters. The fraction of sp³-hybridized carbons (Fsp3) is 0.167. The fourth-order valence-electron chi connectivity index (χ4n) is 1.64. The second-order valence-corrected chi connectivity index (χ2v) is 4.63. The summed E-state index contributed by atoms with van der Waals surface area (Å²) in [5.74, 6) is -0.907. The first-order chi connectivity index (χ1) is 8.82. The van der Waals surface area contributed by atoms with Gasteiger partial charge in [0.1, 0.15) is 5.69 Å². The molecule has 1 aromatic heterocycles. The highest BCUT2D eigenvalue weighted by atomic mass is 79.9. The largest absolute Gasteiger partial charge is 0.464 e. The number of pyridine rings is 1. The Bertz CT molecular complexity index is 655. The highest BCUT2D eigenvalue weighted by molar-refractivity contribution is 9.10. The van der Waals surface area contributed by atoms with E-state index in [1.165, 1.54) is 18.2 Å². The van der Waals surface area contributed by atoms with Crippen LogP contribution < -0.4 is 0 Å². The SMILES string of the molecule is COC(=O)c1cc2ccc(Br)cc2c(C(F)(F)F)n1. The lowest BCUT2D eigenvalue weighted by molar-refractivity contribution is -0.139. The number of esters is 1. The molecular weight excluding hydrogens is 327 g/mol. The molecule has 0 saturated carbocycles. The maximum Gasteiger partial charge on any atom is 0.433 e. The molecule has 3 nitrogen and oxygen atoms in total. The van der Waals surface area contributed by atoms with Gasteiger partial charge in [0.05, 0.1) is 7.11 Å². The summed E-state index contributed by atoms with van der Waals surface area (Å²) in [7, 11) is 1.09. The Kier molecular flexibility index (Phi) is 3.49. The number of rotatable bonds is 1. The summed E-state index contributed by atoms with van der Waals surface area (Å²) in [5, 5.41) is 0.195. The second kappa shape index (κ2) is 4.80. The average Bonchev–Trinajstić information content (AvgIpc) is 2.35. The van der Waals surface area contributed by atoms with E-state index in [4.69, 9.17) is 0 Å². The lowest BCUT2D eigenvalue weighted by Gasteiger charge is -2.11. The molecule has 0 spiro atoms. The average molecular weight is 334 g/mol. The molecule has 1 heterocycles. The predicted octanol–water partition coefficient (Wildman–Crippen LogP) is 3.80. The van der Waals surface area contributed by atoms with Crippen molar-refractivity contribution in [1.29, 1.82) is 0 Å². The Morgan fingerprint density at radius 2 is 2.00 bits per heavy atom. The van der Waals surface area contributed by atoms with Gasteiger partial charge < -0.3 is 4.74 Å². The molecule has 0 aliphatic rings. The van der Waals surface area contributed by atoms with Crippen molar-refractivity contribution in [3.05, 3.63) is 40.1 Å². The molecule has 0 amide bonds. The fourth-order valence-corrected chi connectivity index (χ4v) is 2.01. The van der Waals surface area contributed by atoms with Crippen molar-refractivity contribution in [2.24, 2.45) is 0 Å². The number of carbonyl (C=O) groups is 1. The van der Waals surface area contributed by atoms with Crippen molar-refractivity contribution in [2.75, 3.05) is 7.11 Å². The number of ether oxygens (including phenoxy) is 1. The summed E-state index contributed by atoms with van der Waals surface area (Å²) in [5.41, 5.74) is -1.48. The number of hydrogen-bond donors (Lipinski definition) is 0. The first kappa shape index (κ1) is 13.8. The van der Waals surface area contributed by atoms with E-state index < -0.39 is 17.8 Å². The Morgan fingerprint density at radius 1 is 1.32 bits per heavy atom. The van der Waals surface area contributed by atoms with Crippen molar-refractivity contribution in [1.82, 2.24) is 4.98 Å². The van der Waals surface area contributed by atoms with Crippen LogP contribution in [0.1, 0.15) is 16.2 Å². The molecule has 2 aromatic rings. The van der Waals surface area contributed by atoms with Gasteiger partial charge in [-0.05, 0) is 23.6 Å². The van der Waals surface area contributed by atoms with Gasteiger partial charge in [0.25, 0.3) is 0 Å². The minimum atomic E-state index is -4.65. The van der Waals surface area contributed by atoms with Gasteiger partial charge in [-0.3, -0.25) is 0 Å². The molecular formula is C12H7BrF3NO2. The zero-order valence-corrected chi connectivity index (χ0v) is 11.2. The van der Waals surface area contributed by atoms with E-state index in [9.17, 15) is 18.0 Å². The molecule has 1 aromatic carbocycles. The van der Waals surface area contributed by atoms with Crippen LogP contribution >= 0.6 is 15.9 Å². The third-order valence-corrected chi connectivity index (χ3v) is 2.95. The van der Waals surface area contributed by atoms with Crippen molar-refractivity contribution >= 4 is 32.7 Å². The van der Waals surface area contributed by atoms with Crippen LogP contribution in [0.3, 0.4) is 0 Å². The maximum atomic E-state index is 13.0. The molecule has 0 atom stereocenters. The van der Waals surface area contributed by atoms with E-state index in [-0.39, 0.29) is 16.5 Å². The summed E-state index contributed by atoms with van der Waals surface area (Å²) < 4.78 is 43.8. The Labute approximate surface area is 114 Å². The van der Waals surface area contributed by atoms with Crippen molar-refractivity contribution in [2.45, 2.75) is 6.18 Å². The standard InChI is InChI=1S/C12H7BrF3NO2/c1-19-11(18)9-4-6-2-3-7(13)5-8(6)10(17-9)12(14,15)16/h2-5H,1H3. The van der Waals surface area contributed by atoms with Crippen LogP contribution in [0.4, 0.5) is 13.2 Å². The molecule has 0 bridgehead atoms. The van der Waals surface area contributed by atoms with E-state index >= 15 is 0 Å². The van der Waals surface area contributed by atoms with Gasteiger partial charge in [-0.2, -0.15) is 13.2 Å². The molecule has 0 saturated heterocycles. The van der Waals surface area contributed by atoms with Crippen LogP contribution in [0.5, 0.6) is 0 Å². The quantitative estimate of drug-likeness (QED) is 0.745. The predicted molar refractivity (Wildman–Crippen MR) is 65.8 cm³/mol. The number of benzene rings is 1. The second-order valence-electron chi connectivity index (χ2n) is 3.71. The van der Waals surface area contributed by atoms with E-state index in [0.29, 0.717) is 4.47 Å². The van der Waals surface area contributed by atoms with Crippen LogP contribution in [0.15, 0.2) is 28.7 Å². The van der Waals surface area contributed by atoms with Crippen LogP contribution in [0, 0.1) is 0 Å². The normalized spacial score (nSPS) is 11.6. The lowest BCUT2D eigenvalue weighted by Crippen LogP contribution is -2.13. The Hall–Kier alpha value is -1.63. The summed E-state index contributed by atoms with van der Waals surface area (Å²) in [6.45, 7) is 0. The van der Waals surface area contributed by atoms with Crippen LogP contribution in [0.25, 0.3) is 10.8 Å². The van der Waals surface area contributed by atoms with Gasteiger partial charge in [-0.1, -0.05) is 22.0 Å². The molecule has 0 aliphatic heterocycles. The molecule has 2 rings (SSSR count). The van der Waals surface area contributed by atoms with E-state index in [2.05, 4.69) is 25.7 Å². The Morgan fingerprint density at radius 3 is 2.58 bits per heavy atom. The van der Waals surface area contributed by atoms with Gasteiger partial charge in [-0.25, -0.2) is 9.78 Å². The monoisotopic (exact) mass is 333 g/mol. The highest BCUT2D eigenvalue weighted by Gasteiger charge is 2.35. The minimum absolute atomic E-state index is 0.0745. The molecule has 0 aliphatic carbocycles. The van der Waals surface area contributed by atoms with Crippen molar-refractivity contribution < 1.29 is 22.7 Å². The number of halogens is 4. The van der Waals surface area contributed by atoms with E-state index in [0.717, 1.165) is 7.11 Å². The molecule has 100 valence electrons. The third-order valence-electron chi connectivity index (χ3n) is 2.46. The zero-order valence-electron chi connectivity index (χ0n) is 9.58. The van der Waals surface area contributed by atoms with Crippen LogP contribution in [-0.2, 0) is 10.9 Å². The first-order valence-electron chi connectivity index (χ1n) is 5.09. The molecule has 0 radical (unpaired) electrons. The summed E-state index contributed by atoms with van der Waals surface area (Å²) in [6, 6.07) is 5.64. The third kappa shape index (κ3) is 2.70. The number of methoxy groups -OCH3 is 1. The van der Waals surface area contributed by atoms with Gasteiger partial charge in [-0.15, -0.1) is 0 Å². The number of aromatic nitrogens is 1. The number of carbonyl (C=O) groups excluding carboxylic acids is 1. The summed E-state index contributed by atoms with van der Waals surface area (Å²) in [4.78, 5) is 14.7. The van der Waals surface area contributed by atoms with Gasteiger partial charge in [0.15, 0.2) is 5.69 Å². The Balaban J connectivity index is 2.80. The van der Waals surface area contributed by atoms with Crippen LogP contribution in [0.2, 0.25) is 0 Å². The zero-order chi connectivity index (χ0) is 14.2. The lowest BCUT2D eigenvalue weighted by atomic mass is 10.1. The van der Waals surface area contributed by atoms with E-state index in [1.807, 2.05) is 0 Å². The van der Waals surface area contributed by atoms with Crippen LogP contribution in [-0.4, -0.2) is 18.1 Å². The number of nitrogens with zero attached hydrogens (tertiary/aromatic N) is 1. The maximum absolute atomic E-state index is 13.0. The number of alkyl halides is 3. The summed E-state index contributed by atoms with van der Waals surface area (Å²) in [6.07, 6.45) is -4.65. The highest BCUT2D eigenvalue weighted by Crippen LogP contribution is 2.34. The van der Waals surface area contributed by atoms with Crippen molar-refractivity contribution in [3.63, 3.8) is 0 Å². The van der Waals surface area contributed by atoms with Gasteiger partial charge in [0.2, 0.25) is 0 Å². The minimum Gasteiger partial charge on any atom is -0.464 e. The van der Waals surface area contributed by atoms with Crippen molar-refractivity contribution in [3.8, 4) is 0 Å². The van der Waals surface area contributed by atoms with Gasteiger partial charge in [0, 0.05) is 9.86 Å². The molecule has 0 N–H and O–H groups in total. The topological polar surface area (TPSA) is 39.2 Å². The molecule has 0 fully saturated rings. The first-order valence-corrected chi connectivity index (χ1v) is 5.88.